The standard InChI is InChI=1S/C28H32N10OS.C27H30N10O2S.C26H29N11OS/c1-18-5-4-8-36(13-18)16-23-10-26(40-35-23)34-27-28-30-12-24(38(28)14-20(3)32-27)21-11-31-37(15-21)17-25(39)33-22-6-7-29-19(2)9-22;1-17-4-3-7-35(12-17)15-21-8-25(40-34-21)33-26-27-29-11-22(37(27)13-18(2)31-26)19-9-30-36(14-19)16-24(39)32-20-5-6-23(38)28-10-20;1-17-4-3-7-35(11-17)14-20-8-24(39-34-20)33-25-26-28-10-21(37(26)12-18(2)31-25)19-9-30-36(13-19)15-23(38)32-22-5-6-27-16-29-22/h6-7,9-12,14-15,18H,4-5,8,13,16-17H2,1-3H3,(H,32,34)(H,29,33,39);5-6,8-11,13-14,17H,3-4,7,12,15-16H2,1-2H3,(H,28,38)(H,31,33)(H,32,39);5-6,8-10,12-13,16-17H,3-4,7,11,14-15H2,1-2H3,(H,31,33)(H,27,29,32,38). The highest BCUT2D eigenvalue weighted by molar-refractivity contribution is 7.10. The maximum absolute atomic E-state index is 12.6. The molecule has 18 heterocycles. The Bertz CT molecular complexity index is 6110. The van der Waals surface area contributed by atoms with Crippen molar-refractivity contribution in [3.8, 4) is 33.8 Å². The summed E-state index contributed by atoms with van der Waals surface area (Å²) in [6.07, 6.45) is 35.6. The molecule has 3 saturated heterocycles. The Balaban J connectivity index is 0.000000133. The summed E-state index contributed by atoms with van der Waals surface area (Å²) in [7, 11) is 0. The van der Waals surface area contributed by atoms with Gasteiger partial charge in [-0.25, -0.2) is 39.9 Å². The van der Waals surface area contributed by atoms with Gasteiger partial charge in [-0.2, -0.15) is 28.4 Å². The minimum absolute atomic E-state index is 0.0211. The summed E-state index contributed by atoms with van der Waals surface area (Å²) in [5.74, 6) is 4.00. The number of H-pyrrole nitrogens is 1. The van der Waals surface area contributed by atoms with Crippen LogP contribution in [0.1, 0.15) is 99.2 Å². The second kappa shape index (κ2) is 36.4. The number of hydrogen-bond acceptors (Lipinski definition) is 28. The zero-order chi connectivity index (χ0) is 82.0. The van der Waals surface area contributed by atoms with Crippen LogP contribution in [0.2, 0.25) is 0 Å². The van der Waals surface area contributed by atoms with E-state index in [1.54, 1.807) is 88.0 Å². The van der Waals surface area contributed by atoms with Crippen molar-refractivity contribution >= 4 is 119 Å². The molecule has 3 aliphatic rings. The first kappa shape index (κ1) is 80.1. The van der Waals surface area contributed by atoms with Crippen molar-refractivity contribution in [2.45, 2.75) is 126 Å². The van der Waals surface area contributed by atoms with Crippen LogP contribution in [0.4, 0.5) is 49.6 Å². The summed E-state index contributed by atoms with van der Waals surface area (Å²) in [4.78, 5) is 98.8. The highest BCUT2D eigenvalue weighted by Gasteiger charge is 2.25. The molecule has 35 nitrogen and oxygen atoms in total. The number of imidazole rings is 3. The topological polar surface area (TPSA) is 387 Å². The van der Waals surface area contributed by atoms with Crippen molar-refractivity contribution in [3.63, 3.8) is 0 Å². The fourth-order valence-electron chi connectivity index (χ4n) is 15.1. The quantitative estimate of drug-likeness (QED) is 0.0295. The number of aromatic amines is 1. The number of pyridine rings is 2. The van der Waals surface area contributed by atoms with Crippen molar-refractivity contribution in [1.82, 2.24) is 120 Å². The third kappa shape index (κ3) is 20.4. The number of piperidine rings is 3. The summed E-state index contributed by atoms with van der Waals surface area (Å²) < 4.78 is 24.7. The fraction of sp³-hybridized carbons (Fsp3) is 0.346. The number of aryl methyl sites for hydroxylation is 4. The summed E-state index contributed by atoms with van der Waals surface area (Å²) in [5, 5.41) is 34.6. The second-order valence-electron chi connectivity index (χ2n) is 30.7. The van der Waals surface area contributed by atoms with E-state index in [9.17, 15) is 19.2 Å². The minimum atomic E-state index is -0.259. The van der Waals surface area contributed by atoms with E-state index >= 15 is 0 Å². The molecule has 3 unspecified atom stereocenters. The van der Waals surface area contributed by atoms with Crippen LogP contribution in [-0.2, 0) is 53.7 Å². The number of fused-ring (bicyclic) bond motifs is 3. The SMILES string of the molecule is Cc1cc(NC(=O)Cn2cc(-c3cnc4c(Nc5cc(CN6CCCC(C)C6)ns5)nc(C)cn34)cn2)ccn1.Cc1cn2c(-c3cnn(CC(=O)Nc4ccc(=O)[nH]c4)c3)cnc2c(Nc2cc(CN3CCCC(C)C3)ns2)n1.Cc1cn2c(-c3cnn(CC(=O)Nc4ccncn4)c3)cnc2c(Nc2cc(CN3CCCC(C)C3)ns2)n1. The Hall–Kier alpha value is -12.8. The molecule has 612 valence electrons. The third-order valence-electron chi connectivity index (χ3n) is 20.4. The van der Waals surface area contributed by atoms with Gasteiger partial charge in [-0.15, -0.1) is 0 Å². The number of amides is 3. The molecule has 0 radical (unpaired) electrons. The average Bonchev–Trinajstić information content (AvgIpc) is 1.64. The Morgan fingerprint density at radius 3 is 1.24 bits per heavy atom. The van der Waals surface area contributed by atoms with E-state index in [0.29, 0.717) is 51.6 Å². The lowest BCUT2D eigenvalue weighted by Crippen LogP contribution is -2.33. The van der Waals surface area contributed by atoms with Gasteiger partial charge in [-0.3, -0.25) is 66.1 Å². The third-order valence-corrected chi connectivity index (χ3v) is 22.6. The van der Waals surface area contributed by atoms with Crippen LogP contribution in [0.3, 0.4) is 0 Å². The maximum Gasteiger partial charge on any atom is 0.248 e. The lowest BCUT2D eigenvalue weighted by Gasteiger charge is -2.30. The van der Waals surface area contributed by atoms with E-state index in [4.69, 9.17) is 15.0 Å². The molecule has 3 atom stereocenters. The summed E-state index contributed by atoms with van der Waals surface area (Å²) in [6.45, 7) is 24.2. The van der Waals surface area contributed by atoms with Gasteiger partial charge in [-0.05, 0) is 181 Å². The van der Waals surface area contributed by atoms with Gasteiger partial charge in [0.15, 0.2) is 34.4 Å². The second-order valence-corrected chi connectivity index (χ2v) is 33.1. The first-order chi connectivity index (χ1) is 57.8. The normalized spacial score (nSPS) is 15.9. The molecule has 7 N–H and O–H groups in total. The molecular formula is C81H91N31O4S3. The van der Waals surface area contributed by atoms with Crippen molar-refractivity contribution in [1.29, 1.82) is 0 Å². The summed E-state index contributed by atoms with van der Waals surface area (Å²) in [5.41, 5.74) is 14.7. The highest BCUT2D eigenvalue weighted by Crippen LogP contribution is 2.34. The Morgan fingerprint density at radius 2 is 0.866 bits per heavy atom. The zero-order valence-corrected chi connectivity index (χ0v) is 69.4. The molecule has 0 spiro atoms. The predicted octanol–water partition coefficient (Wildman–Crippen LogP) is 12.1. The molecule has 119 heavy (non-hydrogen) atoms. The molecule has 0 bridgehead atoms. The Labute approximate surface area is 696 Å². The van der Waals surface area contributed by atoms with E-state index in [1.807, 2.05) is 77.9 Å². The maximum atomic E-state index is 12.6. The predicted molar refractivity (Wildman–Crippen MR) is 458 cm³/mol. The van der Waals surface area contributed by atoms with Gasteiger partial charge in [0.1, 0.15) is 46.8 Å². The van der Waals surface area contributed by atoms with E-state index in [2.05, 4.69) is 149 Å². The Morgan fingerprint density at radius 1 is 0.454 bits per heavy atom. The smallest absolute Gasteiger partial charge is 0.248 e. The number of nitrogens with zero attached hydrogens (tertiary/aromatic N) is 24. The van der Waals surface area contributed by atoms with Gasteiger partial charge >= 0.3 is 0 Å². The van der Waals surface area contributed by atoms with Crippen LogP contribution in [0.25, 0.3) is 50.7 Å². The van der Waals surface area contributed by atoms with E-state index < -0.39 is 0 Å². The molecule has 0 aromatic carbocycles. The first-order valence-electron chi connectivity index (χ1n) is 39.5. The van der Waals surface area contributed by atoms with Crippen LogP contribution < -0.4 is 37.5 Å². The molecule has 3 aliphatic heterocycles. The molecule has 3 fully saturated rings. The molecule has 0 aliphatic carbocycles. The number of carbonyl (C=O) groups is 3. The summed E-state index contributed by atoms with van der Waals surface area (Å²) >= 11 is 4.31. The van der Waals surface area contributed by atoms with E-state index in [-0.39, 0.29) is 42.9 Å². The van der Waals surface area contributed by atoms with Crippen LogP contribution in [0.5, 0.6) is 0 Å². The number of anilines is 9. The lowest BCUT2D eigenvalue weighted by atomic mass is 10.0. The molecule has 0 saturated carbocycles. The molecular weight excluding hydrogens is 1570 g/mol. The number of nitrogens with one attached hydrogen (secondary N) is 7. The number of rotatable bonds is 24. The number of hydrogen-bond donors (Lipinski definition) is 7. The summed E-state index contributed by atoms with van der Waals surface area (Å²) in [6, 6.07) is 14.4. The van der Waals surface area contributed by atoms with Crippen molar-refractivity contribution in [2.75, 3.05) is 71.2 Å². The van der Waals surface area contributed by atoms with Gasteiger partial charge in [0.25, 0.3) is 0 Å². The molecule has 15 aromatic heterocycles. The van der Waals surface area contributed by atoms with Crippen LogP contribution in [-0.4, -0.2) is 177 Å². The molecule has 15 aromatic rings. The largest absolute Gasteiger partial charge is 0.328 e. The van der Waals surface area contributed by atoms with Crippen molar-refractivity contribution < 1.29 is 14.4 Å². The van der Waals surface area contributed by atoms with Crippen LogP contribution >= 0.6 is 34.6 Å². The Kier molecular flexibility index (Phi) is 24.5. The number of carbonyl (C=O) groups excluding carboxylic acids is 3. The van der Waals surface area contributed by atoms with Gasteiger partial charge < -0.3 is 36.9 Å². The minimum Gasteiger partial charge on any atom is -0.328 e. The van der Waals surface area contributed by atoms with Gasteiger partial charge in [0, 0.05) is 129 Å². The average molecular weight is 1660 g/mol. The monoisotopic (exact) mass is 1660 g/mol. The van der Waals surface area contributed by atoms with Gasteiger partial charge in [-0.1, -0.05) is 20.8 Å². The number of aromatic nitrogens is 22. The molecule has 38 heteroatoms. The van der Waals surface area contributed by atoms with Crippen molar-refractivity contribution in [3.05, 3.63) is 198 Å². The van der Waals surface area contributed by atoms with Crippen LogP contribution in [0, 0.1) is 45.4 Å². The van der Waals surface area contributed by atoms with Crippen LogP contribution in [0.15, 0.2) is 153 Å². The molecule has 18 rings (SSSR count). The number of likely N-dealkylation sites (tertiary alicyclic amines) is 3. The van der Waals surface area contributed by atoms with E-state index in [0.717, 1.165) is 165 Å². The molecule has 3 amide bonds. The van der Waals surface area contributed by atoms with Gasteiger partial charge in [0.05, 0.1) is 94.1 Å². The highest BCUT2D eigenvalue weighted by atomic mass is 32.1. The van der Waals surface area contributed by atoms with Crippen molar-refractivity contribution in [2.24, 2.45) is 17.8 Å². The fourth-order valence-corrected chi connectivity index (χ4v) is 17.1. The first-order valence-corrected chi connectivity index (χ1v) is 41.9. The van der Waals surface area contributed by atoms with Gasteiger partial charge in [0.2, 0.25) is 23.3 Å². The van der Waals surface area contributed by atoms with E-state index in [1.165, 1.54) is 91.7 Å². The lowest BCUT2D eigenvalue weighted by molar-refractivity contribution is -0.117. The zero-order valence-electron chi connectivity index (χ0n) is 66.9.